The summed E-state index contributed by atoms with van der Waals surface area (Å²) in [6, 6.07) is 4.19. The molecular formula is C13H13F4NO. The molecule has 0 aliphatic carbocycles. The van der Waals surface area contributed by atoms with Gasteiger partial charge in [0.1, 0.15) is 5.82 Å². The van der Waals surface area contributed by atoms with Crippen molar-refractivity contribution in [3.8, 4) is 0 Å². The Labute approximate surface area is 108 Å². The standard InChI is InChI=1S/C13H13F4NO/c1-8-7-18(12(19)13(15,16)17)5-4-9-2-3-10(14)6-11(8)9/h2-3,6,8H,4-5,7H2,1H3. The van der Waals surface area contributed by atoms with Crippen LogP contribution in [0.1, 0.15) is 24.0 Å². The van der Waals surface area contributed by atoms with Crippen LogP contribution in [0.3, 0.4) is 0 Å². The Kier molecular flexibility index (Phi) is 3.52. The van der Waals surface area contributed by atoms with Gasteiger partial charge in [-0.25, -0.2) is 4.39 Å². The first-order valence-electron chi connectivity index (χ1n) is 5.93. The summed E-state index contributed by atoms with van der Waals surface area (Å²) in [7, 11) is 0. The van der Waals surface area contributed by atoms with Gasteiger partial charge in [-0.05, 0) is 35.6 Å². The quantitative estimate of drug-likeness (QED) is 0.667. The van der Waals surface area contributed by atoms with Gasteiger partial charge in [-0.3, -0.25) is 4.79 Å². The molecule has 19 heavy (non-hydrogen) atoms. The van der Waals surface area contributed by atoms with Gasteiger partial charge in [-0.15, -0.1) is 0 Å². The number of hydrogen-bond donors (Lipinski definition) is 0. The summed E-state index contributed by atoms with van der Waals surface area (Å²) >= 11 is 0. The van der Waals surface area contributed by atoms with Crippen molar-refractivity contribution in [1.82, 2.24) is 4.90 Å². The van der Waals surface area contributed by atoms with Crippen LogP contribution < -0.4 is 0 Å². The number of halogens is 4. The van der Waals surface area contributed by atoms with Crippen LogP contribution in [0.4, 0.5) is 17.6 Å². The maximum Gasteiger partial charge on any atom is 0.471 e. The Morgan fingerprint density at radius 3 is 2.68 bits per heavy atom. The molecule has 1 amide bonds. The molecule has 0 spiro atoms. The third-order valence-electron chi connectivity index (χ3n) is 3.31. The first-order chi connectivity index (χ1) is 8.79. The van der Waals surface area contributed by atoms with Crippen LogP contribution in [-0.2, 0) is 11.2 Å². The van der Waals surface area contributed by atoms with Gasteiger partial charge in [0, 0.05) is 13.1 Å². The van der Waals surface area contributed by atoms with Crippen LogP contribution in [0, 0.1) is 5.82 Å². The second-order valence-corrected chi connectivity index (χ2v) is 4.74. The van der Waals surface area contributed by atoms with Crippen molar-refractivity contribution in [2.75, 3.05) is 13.1 Å². The van der Waals surface area contributed by atoms with Crippen LogP contribution in [0.15, 0.2) is 18.2 Å². The molecule has 0 saturated heterocycles. The van der Waals surface area contributed by atoms with Crippen molar-refractivity contribution < 1.29 is 22.4 Å². The van der Waals surface area contributed by atoms with Gasteiger partial charge in [0.2, 0.25) is 0 Å². The predicted molar refractivity (Wildman–Crippen MR) is 61.2 cm³/mol. The van der Waals surface area contributed by atoms with E-state index in [1.54, 1.807) is 13.0 Å². The first kappa shape index (κ1) is 13.8. The maximum atomic E-state index is 13.2. The minimum absolute atomic E-state index is 0.00131. The molecule has 0 aromatic heterocycles. The molecule has 104 valence electrons. The van der Waals surface area contributed by atoms with E-state index >= 15 is 0 Å². The highest BCUT2D eigenvalue weighted by Gasteiger charge is 2.43. The number of benzene rings is 1. The molecule has 1 atom stereocenters. The number of alkyl halides is 3. The summed E-state index contributed by atoms with van der Waals surface area (Å²) in [6.45, 7) is 1.65. The number of hydrogen-bond acceptors (Lipinski definition) is 1. The van der Waals surface area contributed by atoms with Gasteiger partial charge in [-0.1, -0.05) is 13.0 Å². The van der Waals surface area contributed by atoms with Crippen LogP contribution in [-0.4, -0.2) is 30.1 Å². The zero-order valence-corrected chi connectivity index (χ0v) is 10.3. The second-order valence-electron chi connectivity index (χ2n) is 4.74. The molecule has 0 fully saturated rings. The van der Waals surface area contributed by atoms with E-state index in [9.17, 15) is 22.4 Å². The van der Waals surface area contributed by atoms with Crippen LogP contribution in [0.5, 0.6) is 0 Å². The zero-order valence-electron chi connectivity index (χ0n) is 10.3. The molecule has 0 bridgehead atoms. The van der Waals surface area contributed by atoms with E-state index in [1.165, 1.54) is 12.1 Å². The highest BCUT2D eigenvalue weighted by Crippen LogP contribution is 2.28. The van der Waals surface area contributed by atoms with E-state index < -0.39 is 17.9 Å². The Balaban J connectivity index is 2.25. The Morgan fingerprint density at radius 2 is 2.05 bits per heavy atom. The highest BCUT2D eigenvalue weighted by molar-refractivity contribution is 5.82. The average Bonchev–Trinajstić information content (AvgIpc) is 2.47. The summed E-state index contributed by atoms with van der Waals surface area (Å²) in [5, 5.41) is 0. The molecule has 1 aliphatic heterocycles. The molecule has 2 rings (SSSR count). The van der Waals surface area contributed by atoms with Gasteiger partial charge in [0.15, 0.2) is 0 Å². The van der Waals surface area contributed by atoms with Gasteiger partial charge >= 0.3 is 12.1 Å². The lowest BCUT2D eigenvalue weighted by Gasteiger charge is -2.23. The Bertz CT molecular complexity index is 498. The number of carbonyl (C=O) groups is 1. The Hall–Kier alpha value is -1.59. The monoisotopic (exact) mass is 275 g/mol. The minimum atomic E-state index is -4.86. The topological polar surface area (TPSA) is 20.3 Å². The summed E-state index contributed by atoms with van der Waals surface area (Å²) in [5.74, 6) is -2.56. The zero-order chi connectivity index (χ0) is 14.2. The molecule has 1 aromatic rings. The summed E-state index contributed by atoms with van der Waals surface area (Å²) < 4.78 is 50.5. The van der Waals surface area contributed by atoms with Crippen LogP contribution >= 0.6 is 0 Å². The third kappa shape index (κ3) is 2.88. The molecule has 0 saturated carbocycles. The van der Waals surface area contributed by atoms with Gasteiger partial charge in [0.05, 0.1) is 0 Å². The normalized spacial score (nSPS) is 19.8. The van der Waals surface area contributed by atoms with Crippen molar-refractivity contribution in [1.29, 1.82) is 0 Å². The van der Waals surface area contributed by atoms with Crippen LogP contribution in [0.2, 0.25) is 0 Å². The van der Waals surface area contributed by atoms with E-state index in [2.05, 4.69) is 0 Å². The summed E-state index contributed by atoms with van der Waals surface area (Å²) in [4.78, 5) is 12.1. The molecule has 0 radical (unpaired) electrons. The average molecular weight is 275 g/mol. The fourth-order valence-electron chi connectivity index (χ4n) is 2.39. The molecule has 0 N–H and O–H groups in total. The third-order valence-corrected chi connectivity index (χ3v) is 3.31. The summed E-state index contributed by atoms with van der Waals surface area (Å²) in [6.07, 6.45) is -4.55. The smallest absolute Gasteiger partial charge is 0.334 e. The van der Waals surface area contributed by atoms with Gasteiger partial charge in [-0.2, -0.15) is 13.2 Å². The fourth-order valence-corrected chi connectivity index (χ4v) is 2.39. The summed E-state index contributed by atoms with van der Waals surface area (Å²) in [5.41, 5.74) is 1.48. The lowest BCUT2D eigenvalue weighted by molar-refractivity contribution is -0.185. The predicted octanol–water partition coefficient (Wildman–Crippen LogP) is 2.88. The minimum Gasteiger partial charge on any atom is -0.334 e. The largest absolute Gasteiger partial charge is 0.471 e. The lowest BCUT2D eigenvalue weighted by atomic mass is 9.95. The molecule has 1 aliphatic rings. The molecule has 1 heterocycles. The van der Waals surface area contributed by atoms with Crippen molar-refractivity contribution in [2.45, 2.75) is 25.4 Å². The van der Waals surface area contributed by atoms with E-state index in [0.717, 1.165) is 10.5 Å². The van der Waals surface area contributed by atoms with Crippen molar-refractivity contribution in [3.63, 3.8) is 0 Å². The highest BCUT2D eigenvalue weighted by atomic mass is 19.4. The lowest BCUT2D eigenvalue weighted by Crippen LogP contribution is -2.42. The second kappa shape index (κ2) is 4.83. The molecule has 6 heteroatoms. The molecular weight excluding hydrogens is 262 g/mol. The number of fused-ring (bicyclic) bond motifs is 1. The molecule has 2 nitrogen and oxygen atoms in total. The number of carbonyl (C=O) groups excluding carboxylic acids is 1. The van der Waals surface area contributed by atoms with Crippen molar-refractivity contribution >= 4 is 5.91 Å². The number of rotatable bonds is 0. The van der Waals surface area contributed by atoms with Crippen molar-refractivity contribution in [2.24, 2.45) is 0 Å². The van der Waals surface area contributed by atoms with Crippen molar-refractivity contribution in [3.05, 3.63) is 35.1 Å². The van der Waals surface area contributed by atoms with Crippen LogP contribution in [0.25, 0.3) is 0 Å². The van der Waals surface area contributed by atoms with Gasteiger partial charge < -0.3 is 4.90 Å². The fraction of sp³-hybridized carbons (Fsp3) is 0.462. The molecule has 1 unspecified atom stereocenters. The Morgan fingerprint density at radius 1 is 1.37 bits per heavy atom. The SMILES string of the molecule is CC1CN(C(=O)C(F)(F)F)CCc2ccc(F)cc21. The molecule has 1 aromatic carbocycles. The first-order valence-corrected chi connectivity index (χ1v) is 5.93. The maximum absolute atomic E-state index is 13.2. The van der Waals surface area contributed by atoms with E-state index in [-0.39, 0.29) is 19.0 Å². The van der Waals surface area contributed by atoms with E-state index in [0.29, 0.717) is 12.0 Å². The van der Waals surface area contributed by atoms with E-state index in [1.807, 2.05) is 0 Å². The van der Waals surface area contributed by atoms with Gasteiger partial charge in [0.25, 0.3) is 0 Å². The van der Waals surface area contributed by atoms with E-state index in [4.69, 9.17) is 0 Å². The number of amides is 1. The number of nitrogens with zero attached hydrogens (tertiary/aromatic N) is 1.